The molecule has 0 saturated carbocycles. The summed E-state index contributed by atoms with van der Waals surface area (Å²) >= 11 is 11.7. The average molecular weight is 496 g/mol. The zero-order valence-corrected chi connectivity index (χ0v) is 19.0. The van der Waals surface area contributed by atoms with Crippen LogP contribution in [0.3, 0.4) is 0 Å². The predicted octanol–water partition coefficient (Wildman–Crippen LogP) is 4.71. The van der Waals surface area contributed by atoms with Gasteiger partial charge in [-0.3, -0.25) is 4.72 Å². The first kappa shape index (κ1) is 24.0. The average Bonchev–Trinajstić information content (AvgIpc) is 2.73. The lowest BCUT2D eigenvalue weighted by atomic mass is 10.1. The number of hydrogen-bond donors (Lipinski definition) is 2. The van der Waals surface area contributed by atoms with E-state index < -0.39 is 31.0 Å². The summed E-state index contributed by atoms with van der Waals surface area (Å²) in [7, 11) is -5.19. The third kappa shape index (κ3) is 4.60. The predicted molar refractivity (Wildman–Crippen MR) is 118 cm³/mol. The minimum absolute atomic E-state index is 0.00272. The minimum atomic E-state index is -5.33. The zero-order chi connectivity index (χ0) is 22.9. The van der Waals surface area contributed by atoms with Crippen LogP contribution in [0, 0.1) is 0 Å². The van der Waals surface area contributed by atoms with Crippen molar-refractivity contribution in [1.82, 2.24) is 5.32 Å². The van der Waals surface area contributed by atoms with Gasteiger partial charge in [-0.25, -0.2) is 8.42 Å². The molecule has 0 radical (unpaired) electrons. The van der Waals surface area contributed by atoms with Crippen molar-refractivity contribution < 1.29 is 21.6 Å². The van der Waals surface area contributed by atoms with Gasteiger partial charge in [0.15, 0.2) is 0 Å². The molecule has 0 amide bonds. The fourth-order valence-corrected chi connectivity index (χ4v) is 5.56. The van der Waals surface area contributed by atoms with Crippen molar-refractivity contribution >= 4 is 44.6 Å². The highest BCUT2D eigenvalue weighted by Gasteiger charge is 2.65. The van der Waals surface area contributed by atoms with Gasteiger partial charge in [0.25, 0.3) is 14.2 Å². The molecule has 31 heavy (non-hydrogen) atoms. The van der Waals surface area contributed by atoms with Gasteiger partial charge in [0.05, 0.1) is 0 Å². The Morgan fingerprint density at radius 3 is 2.35 bits per heavy atom. The van der Waals surface area contributed by atoms with Gasteiger partial charge in [0.2, 0.25) is 0 Å². The highest BCUT2D eigenvalue weighted by atomic mass is 35.5. The first-order chi connectivity index (χ1) is 14.5. The summed E-state index contributed by atoms with van der Waals surface area (Å²) in [6, 6.07) is 9.43. The molecule has 170 valence electrons. The van der Waals surface area contributed by atoms with Crippen LogP contribution in [0.4, 0.5) is 24.5 Å². The third-order valence-corrected chi connectivity index (χ3v) is 8.18. The van der Waals surface area contributed by atoms with Crippen LogP contribution in [0.1, 0.15) is 18.1 Å². The van der Waals surface area contributed by atoms with Gasteiger partial charge in [-0.1, -0.05) is 48.3 Å². The van der Waals surface area contributed by atoms with Crippen LogP contribution in [0.5, 0.6) is 0 Å². The van der Waals surface area contributed by atoms with Crippen molar-refractivity contribution in [3.8, 4) is 0 Å². The molecule has 0 bridgehead atoms. The number of rotatable bonds is 6. The van der Waals surface area contributed by atoms with Gasteiger partial charge in [-0.15, -0.1) is 0 Å². The molecule has 3 rings (SSSR count). The molecular weight excluding hydrogens is 474 g/mol. The van der Waals surface area contributed by atoms with Crippen LogP contribution in [0.15, 0.2) is 42.5 Å². The molecule has 1 heterocycles. The minimum Gasteiger partial charge on any atom is -0.369 e. The summed E-state index contributed by atoms with van der Waals surface area (Å²) < 4.78 is 66.2. The molecule has 2 N–H and O–H groups in total. The second kappa shape index (κ2) is 9.05. The Hall–Kier alpha value is -1.68. The number of hydrogen-bond acceptors (Lipinski definition) is 4. The Kier molecular flexibility index (Phi) is 7.00. The van der Waals surface area contributed by atoms with E-state index in [4.69, 9.17) is 23.2 Å². The molecule has 11 heteroatoms. The third-order valence-electron chi connectivity index (χ3n) is 5.13. The van der Waals surface area contributed by atoms with Crippen LogP contribution >= 0.6 is 23.2 Å². The summed E-state index contributed by atoms with van der Waals surface area (Å²) in [5.74, 6) is 0. The lowest BCUT2D eigenvalue weighted by Crippen LogP contribution is -2.47. The maximum Gasteiger partial charge on any atom is 0.428 e. The Labute approximate surface area is 189 Å². The van der Waals surface area contributed by atoms with Crippen LogP contribution in [0.2, 0.25) is 5.02 Å². The molecule has 5 nitrogen and oxygen atoms in total. The molecule has 0 spiro atoms. The van der Waals surface area contributed by atoms with Crippen LogP contribution in [-0.4, -0.2) is 40.8 Å². The molecule has 1 aliphatic rings. The smallest absolute Gasteiger partial charge is 0.369 e. The SMILES string of the molecule is CCc1cc(NS(=O)(=O)C(Cl)(c2ccccc2Cl)C(F)(F)F)ccc1N1CCNCC1. The second-order valence-electron chi connectivity index (χ2n) is 7.11. The number of sulfonamides is 1. The Morgan fingerprint density at radius 2 is 1.77 bits per heavy atom. The lowest BCUT2D eigenvalue weighted by Gasteiger charge is -2.32. The van der Waals surface area contributed by atoms with E-state index in [0.717, 1.165) is 49.6 Å². The highest BCUT2D eigenvalue weighted by molar-refractivity contribution is 7.95. The van der Waals surface area contributed by atoms with E-state index in [1.807, 2.05) is 11.6 Å². The van der Waals surface area contributed by atoms with Gasteiger partial charge in [0, 0.05) is 48.1 Å². The number of alkyl halides is 4. The van der Waals surface area contributed by atoms with Gasteiger partial charge in [0.1, 0.15) is 0 Å². The topological polar surface area (TPSA) is 61.4 Å². The largest absolute Gasteiger partial charge is 0.428 e. The monoisotopic (exact) mass is 495 g/mol. The van der Waals surface area contributed by atoms with Crippen molar-refractivity contribution in [2.45, 2.75) is 23.7 Å². The summed E-state index contributed by atoms with van der Waals surface area (Å²) in [4.78, 5) is 2.15. The van der Waals surface area contributed by atoms with Crippen molar-refractivity contribution in [3.63, 3.8) is 0 Å². The van der Waals surface area contributed by atoms with E-state index in [0.29, 0.717) is 6.42 Å². The fourth-order valence-electron chi connectivity index (χ4n) is 3.54. The summed E-state index contributed by atoms with van der Waals surface area (Å²) in [5.41, 5.74) is 0.974. The molecule has 0 aromatic heterocycles. The first-order valence-electron chi connectivity index (χ1n) is 9.63. The summed E-state index contributed by atoms with van der Waals surface area (Å²) in [6.45, 7) is 5.09. The number of benzene rings is 2. The quantitative estimate of drug-likeness (QED) is 0.569. The highest BCUT2D eigenvalue weighted by Crippen LogP contribution is 2.51. The zero-order valence-electron chi connectivity index (χ0n) is 16.6. The number of anilines is 2. The number of aryl methyl sites for hydroxylation is 1. The van der Waals surface area contributed by atoms with E-state index >= 15 is 0 Å². The van der Waals surface area contributed by atoms with Crippen molar-refractivity contribution in [3.05, 3.63) is 58.6 Å². The molecular formula is C20H22Cl2F3N3O2S. The second-order valence-corrected chi connectivity index (χ2v) is 10.1. The van der Waals surface area contributed by atoms with E-state index in [-0.39, 0.29) is 5.69 Å². The van der Waals surface area contributed by atoms with Crippen LogP contribution in [-0.2, 0) is 20.7 Å². The number of halogens is 5. The first-order valence-corrected chi connectivity index (χ1v) is 11.9. The maximum atomic E-state index is 14.0. The van der Waals surface area contributed by atoms with Crippen molar-refractivity contribution in [2.24, 2.45) is 0 Å². The van der Waals surface area contributed by atoms with Crippen molar-refractivity contribution in [1.29, 1.82) is 0 Å². The van der Waals surface area contributed by atoms with Gasteiger partial charge >= 0.3 is 6.18 Å². The number of piperazine rings is 1. The van der Waals surface area contributed by atoms with Gasteiger partial charge < -0.3 is 10.2 Å². The number of nitrogens with zero attached hydrogens (tertiary/aromatic N) is 1. The van der Waals surface area contributed by atoms with Gasteiger partial charge in [-0.2, -0.15) is 13.2 Å². The summed E-state index contributed by atoms with van der Waals surface area (Å²) in [5, 5.41) is 2.85. The molecule has 1 atom stereocenters. The molecule has 2 aromatic carbocycles. The molecule has 1 saturated heterocycles. The van der Waals surface area contributed by atoms with E-state index in [2.05, 4.69) is 10.2 Å². The summed E-state index contributed by atoms with van der Waals surface area (Å²) in [6.07, 6.45) is -4.76. The fraction of sp³-hybridized carbons (Fsp3) is 0.400. The molecule has 2 aromatic rings. The van der Waals surface area contributed by atoms with Crippen LogP contribution in [0.25, 0.3) is 0 Å². The lowest BCUT2D eigenvalue weighted by molar-refractivity contribution is -0.143. The standard InChI is InChI=1S/C20H22Cl2F3N3O2S/c1-2-14-13-15(7-8-18(14)28-11-9-26-10-12-28)27-31(29,30)19(22,20(23,24)25)16-5-3-4-6-17(16)21/h3-8,13,26-27H,2,9-12H2,1H3. The molecule has 1 aliphatic heterocycles. The Morgan fingerprint density at radius 1 is 1.13 bits per heavy atom. The normalized spacial score (nSPS) is 17.3. The van der Waals surface area contributed by atoms with E-state index in [1.165, 1.54) is 24.3 Å². The number of nitrogens with one attached hydrogen (secondary N) is 2. The molecule has 1 fully saturated rings. The van der Waals surface area contributed by atoms with Crippen LogP contribution < -0.4 is 14.9 Å². The van der Waals surface area contributed by atoms with Gasteiger partial charge in [-0.05, 0) is 36.2 Å². The van der Waals surface area contributed by atoms with Crippen molar-refractivity contribution in [2.75, 3.05) is 35.8 Å². The Bertz CT molecular complexity index is 1040. The van der Waals surface area contributed by atoms with E-state index in [1.54, 1.807) is 6.07 Å². The maximum absolute atomic E-state index is 14.0. The molecule has 1 unspecified atom stereocenters. The molecule has 0 aliphatic carbocycles. The van der Waals surface area contributed by atoms with E-state index in [9.17, 15) is 21.6 Å². The Balaban J connectivity index is 2.00.